The van der Waals surface area contributed by atoms with Gasteiger partial charge in [-0.05, 0) is 0 Å². The van der Waals surface area contributed by atoms with Crippen LogP contribution in [0.5, 0.6) is 0 Å². The van der Waals surface area contributed by atoms with Crippen molar-refractivity contribution in [2.75, 3.05) is 11.9 Å². The van der Waals surface area contributed by atoms with Crippen LogP contribution in [-0.4, -0.2) is 44.2 Å². The van der Waals surface area contributed by atoms with Gasteiger partial charge in [0.15, 0.2) is 0 Å². The molecular weight excluding hydrogens is 412 g/mol. The van der Waals surface area contributed by atoms with Crippen molar-refractivity contribution in [1.82, 2.24) is 4.98 Å². The zero-order valence-electron chi connectivity index (χ0n) is 14.3. The Balaban J connectivity index is 2.21. The molecule has 1 atom stereocenters. The molecule has 0 saturated heterocycles. The molecular formula is C18H19F3N2O2Se. The van der Waals surface area contributed by atoms with Gasteiger partial charge in [0.25, 0.3) is 0 Å². The monoisotopic (exact) mass is 432 g/mol. The number of aromatic nitrogens is 1. The van der Waals surface area contributed by atoms with Gasteiger partial charge in [-0.15, -0.1) is 0 Å². The van der Waals surface area contributed by atoms with Gasteiger partial charge in [-0.2, -0.15) is 0 Å². The van der Waals surface area contributed by atoms with Gasteiger partial charge < -0.3 is 0 Å². The van der Waals surface area contributed by atoms with E-state index in [-0.39, 0.29) is 5.91 Å². The summed E-state index contributed by atoms with van der Waals surface area (Å²) < 4.78 is 43.8. The molecule has 1 aromatic carbocycles. The molecule has 4 nitrogen and oxygen atoms in total. The maximum atomic E-state index is 12.8. The number of benzene rings is 1. The van der Waals surface area contributed by atoms with Gasteiger partial charge in [-0.25, -0.2) is 0 Å². The molecule has 140 valence electrons. The number of alkyl halides is 3. The van der Waals surface area contributed by atoms with Crippen molar-refractivity contribution in [1.29, 1.82) is 0 Å². The van der Waals surface area contributed by atoms with E-state index in [1.54, 1.807) is 12.1 Å². The van der Waals surface area contributed by atoms with Crippen LogP contribution in [0.3, 0.4) is 0 Å². The molecule has 0 aliphatic heterocycles. The van der Waals surface area contributed by atoms with Crippen molar-refractivity contribution in [3.63, 3.8) is 0 Å². The number of anilines is 1. The Labute approximate surface area is 156 Å². The second-order valence-corrected chi connectivity index (χ2v) is 8.52. The number of hydrogen-bond donors (Lipinski definition) is 1. The van der Waals surface area contributed by atoms with Gasteiger partial charge in [0.05, 0.1) is 0 Å². The second-order valence-electron chi connectivity index (χ2n) is 6.04. The summed E-state index contributed by atoms with van der Waals surface area (Å²) in [5.41, 5.74) is -0.756. The minimum atomic E-state index is -4.46. The van der Waals surface area contributed by atoms with Crippen molar-refractivity contribution < 1.29 is 22.7 Å². The van der Waals surface area contributed by atoms with Crippen LogP contribution in [-0.2, 0) is 9.53 Å². The van der Waals surface area contributed by atoms with E-state index in [1.807, 2.05) is 30.3 Å². The summed E-state index contributed by atoms with van der Waals surface area (Å²) >= 11 is -0.423. The first-order valence-electron chi connectivity index (χ1n) is 7.81. The molecule has 1 heterocycles. The van der Waals surface area contributed by atoms with E-state index in [4.69, 9.17) is 4.74 Å². The van der Waals surface area contributed by atoms with Gasteiger partial charge in [-0.1, -0.05) is 0 Å². The van der Waals surface area contributed by atoms with Gasteiger partial charge in [-0.3, -0.25) is 0 Å². The van der Waals surface area contributed by atoms with Crippen molar-refractivity contribution in [2.45, 2.75) is 30.4 Å². The van der Waals surface area contributed by atoms with E-state index >= 15 is 0 Å². The maximum absolute atomic E-state index is 12.8. The summed E-state index contributed by atoms with van der Waals surface area (Å²) in [6.07, 6.45) is -1.40. The number of ether oxygens (including phenoxy) is 1. The summed E-state index contributed by atoms with van der Waals surface area (Å²) in [5, 5.41) is 2.74. The second kappa shape index (κ2) is 8.66. The van der Waals surface area contributed by atoms with Crippen LogP contribution in [0.2, 0.25) is 4.82 Å². The Bertz CT molecular complexity index is 709. The Kier molecular flexibility index (Phi) is 6.80. The summed E-state index contributed by atoms with van der Waals surface area (Å²) in [5.74, 6) is -0.382. The predicted molar refractivity (Wildman–Crippen MR) is 94.5 cm³/mol. The van der Waals surface area contributed by atoms with Crippen molar-refractivity contribution in [3.05, 3.63) is 54.9 Å². The molecule has 2 rings (SSSR count). The molecule has 8 heteroatoms. The topological polar surface area (TPSA) is 51.2 Å². The Hall–Kier alpha value is -1.89. The molecule has 0 radical (unpaired) electrons. The first kappa shape index (κ1) is 20.4. The number of hydrogen-bond acceptors (Lipinski definition) is 3. The number of amides is 1. The van der Waals surface area contributed by atoms with Crippen LogP contribution in [0.1, 0.15) is 13.8 Å². The molecule has 2 aromatic rings. The normalized spacial score (nSPS) is 13.3. The zero-order valence-corrected chi connectivity index (χ0v) is 16.0. The third kappa shape index (κ3) is 6.44. The average molecular weight is 431 g/mol. The molecule has 0 fully saturated rings. The summed E-state index contributed by atoms with van der Waals surface area (Å²) in [6, 6.07) is 12.5. The molecule has 1 aromatic heterocycles. The first-order chi connectivity index (χ1) is 12.2. The zero-order chi connectivity index (χ0) is 19.2. The van der Waals surface area contributed by atoms with Crippen molar-refractivity contribution >= 4 is 31.0 Å². The summed E-state index contributed by atoms with van der Waals surface area (Å²) in [7, 11) is 0. The molecule has 0 spiro atoms. The Morgan fingerprint density at radius 1 is 1.15 bits per heavy atom. The van der Waals surface area contributed by atoms with E-state index in [9.17, 15) is 18.0 Å². The third-order valence-corrected chi connectivity index (χ3v) is 6.70. The fraction of sp³-hybridized carbons (Fsp3) is 0.333. The molecule has 0 bridgehead atoms. The molecule has 1 N–H and O–H groups in total. The number of rotatable bonds is 7. The molecule has 1 amide bonds. The Morgan fingerprint density at radius 3 is 2.35 bits per heavy atom. The van der Waals surface area contributed by atoms with E-state index in [1.165, 1.54) is 26.2 Å². The van der Waals surface area contributed by atoms with Crippen LogP contribution in [0.15, 0.2) is 54.9 Å². The van der Waals surface area contributed by atoms with E-state index in [0.717, 1.165) is 4.46 Å². The van der Waals surface area contributed by atoms with Crippen LogP contribution in [0.4, 0.5) is 18.9 Å². The number of halogens is 3. The van der Waals surface area contributed by atoms with E-state index in [0.29, 0.717) is 5.69 Å². The number of carbonyl (C=O) groups is 1. The van der Waals surface area contributed by atoms with Crippen molar-refractivity contribution in [3.8, 4) is 0 Å². The number of carbonyl (C=O) groups excluding carboxylic acids is 1. The molecule has 0 saturated carbocycles. The molecule has 1 unspecified atom stereocenters. The van der Waals surface area contributed by atoms with Crippen LogP contribution in [0, 0.1) is 0 Å². The molecule has 26 heavy (non-hydrogen) atoms. The average Bonchev–Trinajstić information content (AvgIpc) is 2.59. The van der Waals surface area contributed by atoms with E-state index in [2.05, 4.69) is 10.3 Å². The van der Waals surface area contributed by atoms with E-state index < -0.39 is 38.2 Å². The quantitative estimate of drug-likeness (QED) is 0.686. The fourth-order valence-corrected chi connectivity index (χ4v) is 4.45. The minimum absolute atomic E-state index is 0.382. The molecule has 0 aliphatic rings. The SMILES string of the molecule is CC(C)(OCC(F)(F)F)C([Se]c1ccccc1)C(=O)Nc1ccncc1. The van der Waals surface area contributed by atoms with Crippen molar-refractivity contribution in [2.24, 2.45) is 0 Å². The fourth-order valence-electron chi connectivity index (χ4n) is 2.13. The third-order valence-electron chi connectivity index (χ3n) is 3.42. The van der Waals surface area contributed by atoms with Gasteiger partial charge in [0, 0.05) is 0 Å². The van der Waals surface area contributed by atoms with Crippen LogP contribution < -0.4 is 9.78 Å². The number of pyridine rings is 1. The van der Waals surface area contributed by atoms with Gasteiger partial charge >= 0.3 is 156 Å². The van der Waals surface area contributed by atoms with Gasteiger partial charge in [0.2, 0.25) is 0 Å². The standard InChI is InChI=1S/C18H19F3N2O2Se/c1-17(2,25-12-18(19,20)21)15(26-14-6-4-3-5-7-14)16(24)23-13-8-10-22-11-9-13/h3-11,15H,12H2,1-2H3,(H,22,23,24). The summed E-state index contributed by atoms with van der Waals surface area (Å²) in [6.45, 7) is 1.63. The van der Waals surface area contributed by atoms with Crippen LogP contribution >= 0.6 is 0 Å². The molecule has 0 aliphatic carbocycles. The predicted octanol–water partition coefficient (Wildman–Crippen LogP) is 3.20. The van der Waals surface area contributed by atoms with Crippen LogP contribution in [0.25, 0.3) is 0 Å². The van der Waals surface area contributed by atoms with Gasteiger partial charge in [0.1, 0.15) is 0 Å². The first-order valence-corrected chi connectivity index (χ1v) is 9.65. The number of nitrogens with one attached hydrogen (secondary N) is 1. The Morgan fingerprint density at radius 2 is 1.77 bits per heavy atom. The number of nitrogens with zero attached hydrogens (tertiary/aromatic N) is 1. The summed E-state index contributed by atoms with van der Waals surface area (Å²) in [4.78, 5) is 15.9.